The summed E-state index contributed by atoms with van der Waals surface area (Å²) in [6.07, 6.45) is 1.70. The second kappa shape index (κ2) is 7.62. The van der Waals surface area contributed by atoms with Gasteiger partial charge in [-0.3, -0.25) is 0 Å². The van der Waals surface area contributed by atoms with Crippen molar-refractivity contribution in [2.75, 3.05) is 4.90 Å². The van der Waals surface area contributed by atoms with E-state index in [-0.39, 0.29) is 15.7 Å². The number of para-hydroxylation sites is 2. The van der Waals surface area contributed by atoms with E-state index in [9.17, 15) is 9.59 Å². The molecule has 5 rings (SSSR count). The summed E-state index contributed by atoms with van der Waals surface area (Å²) in [6, 6.07) is 21.2. The van der Waals surface area contributed by atoms with Gasteiger partial charge >= 0.3 is 199 Å². The van der Waals surface area contributed by atoms with Crippen molar-refractivity contribution in [3.05, 3.63) is 80.9 Å². The number of fused-ring (bicyclic) bond motifs is 2. The molecule has 2 amide bonds. The normalized spacial score (nSPS) is 18.3. The number of carbonyl (C=O) groups excluding carboxylic acids is 2. The number of nitrogens with one attached hydrogen (secondary N) is 1. The summed E-state index contributed by atoms with van der Waals surface area (Å²) >= 11 is 1.76. The van der Waals surface area contributed by atoms with Crippen molar-refractivity contribution >= 4 is 74.1 Å². The number of carbonyl (C=O) groups is 2. The van der Waals surface area contributed by atoms with Crippen LogP contribution in [0.1, 0.15) is 28.6 Å². The predicted octanol–water partition coefficient (Wildman–Crippen LogP) is 3.42. The van der Waals surface area contributed by atoms with Crippen LogP contribution in [0, 0.1) is 0 Å². The third-order valence-electron chi connectivity index (χ3n) is 5.65. The molecular formula is C24H18N3O2SeTe. The molecule has 31 heavy (non-hydrogen) atoms. The van der Waals surface area contributed by atoms with Crippen LogP contribution in [0.15, 0.2) is 71.2 Å². The van der Waals surface area contributed by atoms with Crippen LogP contribution >= 0.6 is 0 Å². The van der Waals surface area contributed by atoms with Crippen molar-refractivity contribution in [1.29, 1.82) is 0 Å². The van der Waals surface area contributed by atoms with Crippen molar-refractivity contribution in [1.82, 2.24) is 5.32 Å². The summed E-state index contributed by atoms with van der Waals surface area (Å²) in [5.74, 6) is -0.916. The summed E-state index contributed by atoms with van der Waals surface area (Å²) < 4.78 is 2.47. The summed E-state index contributed by atoms with van der Waals surface area (Å²) in [5.41, 5.74) is 4.94. The number of amides is 2. The van der Waals surface area contributed by atoms with E-state index in [2.05, 4.69) is 99.7 Å². The Morgan fingerprint density at radius 1 is 0.968 bits per heavy atom. The second-order valence-corrected chi connectivity index (χ2v) is 11.8. The first-order valence-electron chi connectivity index (χ1n) is 9.78. The molecule has 2 aromatic carbocycles. The van der Waals surface area contributed by atoms with Crippen molar-refractivity contribution in [2.24, 2.45) is 4.99 Å². The Bertz CT molecular complexity index is 1260. The molecule has 0 spiro atoms. The summed E-state index contributed by atoms with van der Waals surface area (Å²) in [4.78, 5) is 30.6. The minimum absolute atomic E-state index is 0.0885. The number of rotatable bonds is 2. The molecule has 5 nitrogen and oxygen atoms in total. The van der Waals surface area contributed by atoms with Crippen molar-refractivity contribution in [3.8, 4) is 0 Å². The molecule has 3 aromatic rings. The Balaban J connectivity index is 1.62. The Morgan fingerprint density at radius 2 is 1.58 bits per heavy atom. The van der Waals surface area contributed by atoms with Crippen LogP contribution in [-0.2, 0) is 15.0 Å². The second-order valence-electron chi connectivity index (χ2n) is 7.90. The zero-order chi connectivity index (χ0) is 21.8. The van der Waals surface area contributed by atoms with Gasteiger partial charge in [0.2, 0.25) is 0 Å². The first-order chi connectivity index (χ1) is 14.9. The fraction of sp³-hybridized carbons (Fsp3) is 0.125. The molecule has 0 atom stereocenters. The van der Waals surface area contributed by atoms with Crippen molar-refractivity contribution in [2.45, 2.75) is 19.3 Å². The Hall–Kier alpha value is -2.42. The Morgan fingerprint density at radius 3 is 2.19 bits per heavy atom. The zero-order valence-electron chi connectivity index (χ0n) is 16.9. The summed E-state index contributed by atoms with van der Waals surface area (Å²) in [5, 5.41) is 2.57. The Kier molecular flexibility index (Phi) is 5.03. The molecule has 2 aliphatic rings. The van der Waals surface area contributed by atoms with E-state index in [1.165, 1.54) is 26.2 Å². The number of anilines is 3. The quantitative estimate of drug-likeness (QED) is 0.285. The van der Waals surface area contributed by atoms with Crippen LogP contribution < -0.4 is 10.2 Å². The van der Waals surface area contributed by atoms with Gasteiger partial charge in [0.15, 0.2) is 0 Å². The van der Waals surface area contributed by atoms with Crippen LogP contribution in [0.3, 0.4) is 0 Å². The molecule has 1 radical (unpaired) electrons. The van der Waals surface area contributed by atoms with E-state index in [0.717, 1.165) is 3.58 Å². The molecule has 1 aromatic heterocycles. The average molecular weight is 587 g/mol. The van der Waals surface area contributed by atoms with Gasteiger partial charge in [-0.1, -0.05) is 0 Å². The zero-order valence-corrected chi connectivity index (χ0v) is 20.9. The van der Waals surface area contributed by atoms with E-state index in [1.807, 2.05) is 6.07 Å². The third kappa shape index (κ3) is 3.43. The number of amidine groups is 1. The first kappa shape index (κ1) is 20.5. The van der Waals surface area contributed by atoms with E-state index < -0.39 is 32.2 Å². The van der Waals surface area contributed by atoms with Crippen LogP contribution in [-0.4, -0.2) is 53.0 Å². The van der Waals surface area contributed by atoms with Gasteiger partial charge < -0.3 is 0 Å². The molecule has 0 aliphatic carbocycles. The average Bonchev–Trinajstić information content (AvgIpc) is 3.19. The van der Waals surface area contributed by atoms with Crippen molar-refractivity contribution < 1.29 is 9.59 Å². The van der Waals surface area contributed by atoms with Gasteiger partial charge in [0.1, 0.15) is 0 Å². The summed E-state index contributed by atoms with van der Waals surface area (Å²) in [7, 11) is 0. The molecule has 153 valence electrons. The van der Waals surface area contributed by atoms with Crippen LogP contribution in [0.25, 0.3) is 6.08 Å². The minimum atomic E-state index is -0.812. The van der Waals surface area contributed by atoms with Crippen molar-refractivity contribution in [3.63, 3.8) is 0 Å². The number of benzene rings is 2. The van der Waals surface area contributed by atoms with E-state index in [0.29, 0.717) is 0 Å². The fourth-order valence-corrected chi connectivity index (χ4v) is 7.32. The standard InChI is InChI=1S/C24H18N3O2SeTe/c1-24(2)16-7-3-5-9-18(16)27(19-10-6-4-8-17(19)24)20-12-11-14(31-20)13-15-21(28)25-23(30)26-22(15)29/h3-13H,1-2H3,(H,25,26,28,29). The number of aliphatic imine (C=N–C) groups is 1. The number of hydrogen-bond donors (Lipinski definition) is 1. The maximum atomic E-state index is 12.2. The summed E-state index contributed by atoms with van der Waals surface area (Å²) in [6.45, 7) is 4.53. The maximum absolute atomic E-state index is 12.2. The first-order valence-corrected chi connectivity index (χ1v) is 13.0. The number of nitrogens with zero attached hydrogens (tertiary/aromatic N) is 2. The Labute approximate surface area is 198 Å². The van der Waals surface area contributed by atoms with Gasteiger partial charge in [-0.2, -0.15) is 0 Å². The molecule has 1 N–H and O–H groups in total. The van der Waals surface area contributed by atoms with Gasteiger partial charge in [-0.05, 0) is 0 Å². The third-order valence-corrected chi connectivity index (χ3v) is 8.96. The predicted molar refractivity (Wildman–Crippen MR) is 125 cm³/mol. The van der Waals surface area contributed by atoms with E-state index >= 15 is 0 Å². The van der Waals surface area contributed by atoms with E-state index in [4.69, 9.17) is 0 Å². The molecule has 2 aliphatic heterocycles. The van der Waals surface area contributed by atoms with Crippen LogP contribution in [0.5, 0.6) is 0 Å². The van der Waals surface area contributed by atoms with Gasteiger partial charge in [0.05, 0.1) is 0 Å². The monoisotopic (exact) mass is 590 g/mol. The molecule has 0 saturated carbocycles. The molecule has 0 unspecified atom stereocenters. The van der Waals surface area contributed by atoms with Crippen LogP contribution in [0.4, 0.5) is 15.1 Å². The topological polar surface area (TPSA) is 61.8 Å². The van der Waals surface area contributed by atoms with Gasteiger partial charge in [-0.25, -0.2) is 0 Å². The molecule has 0 bridgehead atoms. The SMILES string of the molecule is CC1(C)c2ccccc2N(c2ccc(/C=C3/C(=O)N=C([Se])NC3=O)[te]2)c2ccccc21. The molecule has 0 fully saturated rings. The molecular weight excluding hydrogens is 569 g/mol. The molecule has 3 heterocycles. The van der Waals surface area contributed by atoms with Crippen LogP contribution in [0.2, 0.25) is 0 Å². The number of hydrogen-bond acceptors (Lipinski definition) is 3. The molecule has 7 heteroatoms. The van der Waals surface area contributed by atoms with E-state index in [1.54, 1.807) is 6.08 Å². The van der Waals surface area contributed by atoms with Gasteiger partial charge in [0, 0.05) is 0 Å². The molecule has 0 saturated heterocycles. The fourth-order valence-electron chi connectivity index (χ4n) is 4.16. The van der Waals surface area contributed by atoms with Gasteiger partial charge in [0.25, 0.3) is 0 Å². The van der Waals surface area contributed by atoms with Gasteiger partial charge in [-0.15, -0.1) is 0 Å².